The van der Waals surface area contributed by atoms with Crippen molar-refractivity contribution >= 4 is 45.8 Å². The minimum Gasteiger partial charge on any atom is -0.461 e. The summed E-state index contributed by atoms with van der Waals surface area (Å²) in [6, 6.07) is 21.8. The molecule has 17 nitrogen and oxygen atoms in total. The number of rotatable bonds is 21. The highest BCUT2D eigenvalue weighted by Crippen LogP contribution is 2.10. The number of guanidine groups is 1. The van der Waals surface area contributed by atoms with E-state index in [-0.39, 0.29) is 63.0 Å². The van der Waals surface area contributed by atoms with Crippen LogP contribution in [0, 0.1) is 6.92 Å². The number of carbonyl (C=O) groups is 5. The molecule has 0 fully saturated rings. The largest absolute Gasteiger partial charge is 0.461 e. The van der Waals surface area contributed by atoms with E-state index >= 15 is 0 Å². The predicted molar refractivity (Wildman–Crippen MR) is 215 cm³/mol. The quantitative estimate of drug-likeness (QED) is 0.0394. The van der Waals surface area contributed by atoms with Crippen molar-refractivity contribution in [3.8, 4) is 0 Å². The van der Waals surface area contributed by atoms with Crippen molar-refractivity contribution in [2.24, 2.45) is 10.7 Å². The van der Waals surface area contributed by atoms with Gasteiger partial charge in [-0.2, -0.15) is 0 Å². The molecule has 314 valence electrons. The Bertz CT molecular complexity index is 1940. The normalized spacial score (nSPS) is 12.7. The molecular formula is C40H53N7O10S. The first-order valence-corrected chi connectivity index (χ1v) is 20.0. The number of ether oxygens (including phenoxy) is 3. The standard InChI is InChI=1S/C40H53N7O10S/c1-28-17-19-31(20-18-28)58(53,54)47-38(41)43-22-11-16-32(36(50)42-23-21-35(49)56-26-30-14-9-6-10-15-30)46-37(51)33(27-55-25-29-12-7-5-8-13-29)45-34(48)24-44-39(52)57-40(2,3)4/h5-10,12-15,17-20,32-33H,11,16,21-27H2,1-4H3,(H,42,50)(H,44,52)(H,45,48)(H,46,51)(H3,41,43,47)/t32-,33-/m0/s1. The zero-order valence-corrected chi connectivity index (χ0v) is 33.9. The molecule has 3 rings (SSSR count). The minimum absolute atomic E-state index is 0.00494. The number of hydrogen-bond acceptors (Lipinski definition) is 11. The van der Waals surface area contributed by atoms with Crippen molar-refractivity contribution < 1.29 is 46.6 Å². The Labute approximate surface area is 338 Å². The van der Waals surface area contributed by atoms with Gasteiger partial charge in [0, 0.05) is 13.1 Å². The van der Waals surface area contributed by atoms with Crippen LogP contribution in [0.2, 0.25) is 0 Å². The molecule has 0 saturated heterocycles. The Balaban J connectivity index is 1.69. The zero-order valence-electron chi connectivity index (χ0n) is 33.1. The van der Waals surface area contributed by atoms with Crippen LogP contribution in [0.1, 0.15) is 56.7 Å². The smallest absolute Gasteiger partial charge is 0.408 e. The number of benzene rings is 3. The number of esters is 1. The number of carbonyl (C=O) groups excluding carboxylic acids is 5. The van der Waals surface area contributed by atoms with Gasteiger partial charge in [0.15, 0.2) is 0 Å². The van der Waals surface area contributed by atoms with Crippen molar-refractivity contribution in [2.75, 3.05) is 26.2 Å². The summed E-state index contributed by atoms with van der Waals surface area (Å²) in [7, 11) is -4.00. The molecule has 58 heavy (non-hydrogen) atoms. The van der Waals surface area contributed by atoms with Crippen molar-refractivity contribution in [2.45, 2.75) is 82.8 Å². The third kappa shape index (κ3) is 18.3. The summed E-state index contributed by atoms with van der Waals surface area (Å²) < 4.78 is 43.8. The zero-order chi connectivity index (χ0) is 42.6. The second kappa shape index (κ2) is 23.3. The van der Waals surface area contributed by atoms with Gasteiger partial charge in [-0.15, -0.1) is 0 Å². The van der Waals surface area contributed by atoms with E-state index < -0.39 is 64.0 Å². The van der Waals surface area contributed by atoms with Gasteiger partial charge in [-0.3, -0.25) is 24.2 Å². The lowest BCUT2D eigenvalue weighted by Crippen LogP contribution is -2.56. The third-order valence-electron chi connectivity index (χ3n) is 7.85. The Morgan fingerprint density at radius 3 is 2.03 bits per heavy atom. The van der Waals surface area contributed by atoms with Gasteiger partial charge in [-0.1, -0.05) is 78.4 Å². The van der Waals surface area contributed by atoms with Gasteiger partial charge >= 0.3 is 12.1 Å². The Morgan fingerprint density at radius 1 is 0.793 bits per heavy atom. The molecule has 0 bridgehead atoms. The maximum absolute atomic E-state index is 13.7. The lowest BCUT2D eigenvalue weighted by Gasteiger charge is -2.23. The molecule has 0 spiro atoms. The highest BCUT2D eigenvalue weighted by atomic mass is 32.2. The number of aryl methyl sites for hydroxylation is 1. The Kier molecular flexibility index (Phi) is 18.6. The highest BCUT2D eigenvalue weighted by molar-refractivity contribution is 7.90. The van der Waals surface area contributed by atoms with Gasteiger partial charge < -0.3 is 41.2 Å². The summed E-state index contributed by atoms with van der Waals surface area (Å²) in [6.45, 7) is 6.00. The van der Waals surface area contributed by atoms with E-state index in [4.69, 9.17) is 19.9 Å². The summed E-state index contributed by atoms with van der Waals surface area (Å²) in [5.74, 6) is -3.10. The number of sulfonamides is 1. The van der Waals surface area contributed by atoms with E-state index in [1.165, 1.54) is 12.1 Å². The number of nitrogens with two attached hydrogens (primary N) is 1. The van der Waals surface area contributed by atoms with Gasteiger partial charge in [-0.25, -0.2) is 17.9 Å². The second-order valence-corrected chi connectivity index (χ2v) is 15.7. The maximum Gasteiger partial charge on any atom is 0.408 e. The fourth-order valence-corrected chi connectivity index (χ4v) is 5.92. The Hall–Kier alpha value is -6.01. The van der Waals surface area contributed by atoms with Crippen LogP contribution in [0.4, 0.5) is 4.79 Å². The van der Waals surface area contributed by atoms with Crippen LogP contribution < -0.4 is 31.7 Å². The lowest BCUT2D eigenvalue weighted by atomic mass is 10.1. The van der Waals surface area contributed by atoms with E-state index in [2.05, 4.69) is 31.0 Å². The van der Waals surface area contributed by atoms with Crippen molar-refractivity contribution in [1.29, 1.82) is 0 Å². The lowest BCUT2D eigenvalue weighted by molar-refractivity contribution is -0.145. The van der Waals surface area contributed by atoms with Gasteiger partial charge in [0.2, 0.25) is 23.7 Å². The molecule has 0 saturated carbocycles. The molecule has 2 atom stereocenters. The Morgan fingerprint density at radius 2 is 1.41 bits per heavy atom. The van der Waals surface area contributed by atoms with Crippen LogP contribution in [0.25, 0.3) is 0 Å². The van der Waals surface area contributed by atoms with Crippen LogP contribution in [0.5, 0.6) is 0 Å². The molecule has 0 unspecified atom stereocenters. The molecular weight excluding hydrogens is 771 g/mol. The number of hydrogen-bond donors (Lipinski definition) is 6. The highest BCUT2D eigenvalue weighted by Gasteiger charge is 2.28. The average Bonchev–Trinajstić information content (AvgIpc) is 3.17. The van der Waals surface area contributed by atoms with Crippen LogP contribution in [0.3, 0.4) is 0 Å². The van der Waals surface area contributed by atoms with E-state index in [1.807, 2.05) is 55.5 Å². The number of nitrogens with zero attached hydrogens (tertiary/aromatic N) is 1. The van der Waals surface area contributed by atoms with E-state index in [0.29, 0.717) is 0 Å². The summed E-state index contributed by atoms with van der Waals surface area (Å²) in [5.41, 5.74) is 7.53. The van der Waals surface area contributed by atoms with Crippen molar-refractivity contribution in [3.05, 3.63) is 102 Å². The molecule has 0 aliphatic rings. The van der Waals surface area contributed by atoms with Crippen molar-refractivity contribution in [3.63, 3.8) is 0 Å². The molecule has 18 heteroatoms. The van der Waals surface area contributed by atoms with E-state index in [9.17, 15) is 32.4 Å². The molecule has 7 N–H and O–H groups in total. The van der Waals surface area contributed by atoms with E-state index in [1.54, 1.807) is 45.0 Å². The number of amides is 4. The van der Waals surface area contributed by atoms with Gasteiger partial charge in [-0.05, 0) is 63.8 Å². The van der Waals surface area contributed by atoms with Crippen LogP contribution in [-0.2, 0) is 56.6 Å². The molecule has 0 heterocycles. The number of nitrogens with one attached hydrogen (secondary N) is 5. The third-order valence-corrected chi connectivity index (χ3v) is 9.22. The average molecular weight is 824 g/mol. The van der Waals surface area contributed by atoms with E-state index in [0.717, 1.165) is 16.7 Å². The first-order valence-electron chi connectivity index (χ1n) is 18.6. The first kappa shape index (κ1) is 46.4. The molecule has 4 amide bonds. The fourth-order valence-electron chi connectivity index (χ4n) is 4.97. The molecule has 0 radical (unpaired) electrons. The predicted octanol–water partition coefficient (Wildman–Crippen LogP) is 2.33. The van der Waals surface area contributed by atoms with Gasteiger partial charge in [0.1, 0.15) is 30.8 Å². The van der Waals surface area contributed by atoms with Gasteiger partial charge in [0.25, 0.3) is 10.0 Å². The summed E-state index contributed by atoms with van der Waals surface area (Å²) >= 11 is 0. The molecule has 0 aliphatic carbocycles. The summed E-state index contributed by atoms with van der Waals surface area (Å²) in [4.78, 5) is 68.7. The first-order chi connectivity index (χ1) is 27.5. The second-order valence-electron chi connectivity index (χ2n) is 14.1. The van der Waals surface area contributed by atoms with Gasteiger partial charge in [0.05, 0.1) is 24.5 Å². The molecule has 3 aromatic carbocycles. The molecule has 0 aliphatic heterocycles. The fraction of sp³-hybridized carbons (Fsp3) is 0.400. The number of aliphatic imine (C=N–C) groups is 1. The monoisotopic (exact) mass is 823 g/mol. The van der Waals surface area contributed by atoms with Crippen LogP contribution >= 0.6 is 0 Å². The molecule has 3 aromatic rings. The molecule has 0 aromatic heterocycles. The minimum atomic E-state index is -4.00. The topological polar surface area (TPSA) is 246 Å². The summed E-state index contributed by atoms with van der Waals surface area (Å²) in [6.07, 6.45) is -0.858. The summed E-state index contributed by atoms with van der Waals surface area (Å²) in [5, 5.41) is 10.1. The SMILES string of the molecule is Cc1ccc(S(=O)(=O)NC(N)=NCCC[C@H](NC(=O)[C@H](COCc2ccccc2)NC(=O)CNC(=O)OC(C)(C)C)C(=O)NCCC(=O)OCc2ccccc2)cc1. The van der Waals surface area contributed by atoms with Crippen molar-refractivity contribution in [1.82, 2.24) is 26.0 Å². The number of alkyl carbamates (subject to hydrolysis) is 1. The van der Waals surface area contributed by atoms with Crippen LogP contribution in [0.15, 0.2) is 94.8 Å². The van der Waals surface area contributed by atoms with Crippen LogP contribution in [-0.4, -0.2) is 88.1 Å². The maximum atomic E-state index is 13.7.